The summed E-state index contributed by atoms with van der Waals surface area (Å²) in [7, 11) is -3.65. The molecule has 0 saturated carbocycles. The number of hydrogen-bond donors (Lipinski definition) is 1. The van der Waals surface area contributed by atoms with Gasteiger partial charge in [0.25, 0.3) is 0 Å². The summed E-state index contributed by atoms with van der Waals surface area (Å²) < 4.78 is 33.2. The minimum absolute atomic E-state index is 0.199. The van der Waals surface area contributed by atoms with Gasteiger partial charge in [-0.05, 0) is 44.0 Å². The first kappa shape index (κ1) is 18.6. The second-order valence-corrected chi connectivity index (χ2v) is 8.33. The number of hydrogen-bond acceptors (Lipinski definition) is 5. The maximum absolute atomic E-state index is 13.2. The van der Waals surface area contributed by atoms with Gasteiger partial charge in [0, 0.05) is 31.1 Å². The molecular weight excluding hydrogens is 354 g/mol. The van der Waals surface area contributed by atoms with Crippen LogP contribution in [0.25, 0.3) is 0 Å². The molecule has 1 N–H and O–H groups in total. The van der Waals surface area contributed by atoms with Gasteiger partial charge in [0.1, 0.15) is 5.76 Å². The Balaban J connectivity index is 1.93. The lowest BCUT2D eigenvalue weighted by atomic mass is 10.0. The molecule has 26 heavy (non-hydrogen) atoms. The maximum atomic E-state index is 13.2. The SMILES string of the molecule is CCc1onc(C)c1[C@@H]1CCCN1S(=O)(=O)c1ccc(NC(C)=O)cc1. The van der Waals surface area contributed by atoms with Crippen LogP contribution in [0.5, 0.6) is 0 Å². The minimum atomic E-state index is -3.65. The van der Waals surface area contributed by atoms with Gasteiger partial charge < -0.3 is 9.84 Å². The monoisotopic (exact) mass is 377 g/mol. The zero-order chi connectivity index (χ0) is 18.9. The smallest absolute Gasteiger partial charge is 0.243 e. The Morgan fingerprint density at radius 1 is 1.35 bits per heavy atom. The summed E-state index contributed by atoms with van der Waals surface area (Å²) in [5.74, 6) is 0.547. The number of amides is 1. The predicted octanol–water partition coefficient (Wildman–Crippen LogP) is 3.03. The van der Waals surface area contributed by atoms with Gasteiger partial charge in [-0.15, -0.1) is 0 Å². The van der Waals surface area contributed by atoms with Crippen molar-refractivity contribution in [2.24, 2.45) is 0 Å². The van der Waals surface area contributed by atoms with Crippen molar-refractivity contribution in [2.45, 2.75) is 51.0 Å². The van der Waals surface area contributed by atoms with Crippen LogP contribution in [-0.2, 0) is 21.2 Å². The Kier molecular flexibility index (Phi) is 5.15. The highest BCUT2D eigenvalue weighted by atomic mass is 32.2. The highest BCUT2D eigenvalue weighted by Gasteiger charge is 2.39. The summed E-state index contributed by atoms with van der Waals surface area (Å²) in [5.41, 5.74) is 2.20. The summed E-state index contributed by atoms with van der Waals surface area (Å²) in [6, 6.07) is 5.99. The number of anilines is 1. The number of rotatable bonds is 5. The molecule has 0 spiro atoms. The van der Waals surface area contributed by atoms with E-state index in [0.717, 1.165) is 29.9 Å². The third kappa shape index (κ3) is 3.39. The van der Waals surface area contributed by atoms with Crippen molar-refractivity contribution in [3.8, 4) is 0 Å². The van der Waals surface area contributed by atoms with Crippen LogP contribution < -0.4 is 5.32 Å². The maximum Gasteiger partial charge on any atom is 0.243 e. The van der Waals surface area contributed by atoms with Gasteiger partial charge in [-0.2, -0.15) is 4.31 Å². The van der Waals surface area contributed by atoms with Crippen molar-refractivity contribution in [2.75, 3.05) is 11.9 Å². The Labute approximate surface area is 153 Å². The lowest BCUT2D eigenvalue weighted by Crippen LogP contribution is -2.31. The average Bonchev–Trinajstić information content (AvgIpc) is 3.21. The van der Waals surface area contributed by atoms with Crippen molar-refractivity contribution in [3.63, 3.8) is 0 Å². The molecule has 1 aromatic carbocycles. The summed E-state index contributed by atoms with van der Waals surface area (Å²) in [5, 5.41) is 6.66. The number of carbonyl (C=O) groups is 1. The molecule has 3 rings (SSSR count). The number of aryl methyl sites for hydroxylation is 2. The first-order valence-corrected chi connectivity index (χ1v) is 10.1. The van der Waals surface area contributed by atoms with E-state index >= 15 is 0 Å². The molecular formula is C18H23N3O4S. The average molecular weight is 377 g/mol. The van der Waals surface area contributed by atoms with E-state index in [1.54, 1.807) is 16.4 Å². The van der Waals surface area contributed by atoms with Crippen molar-refractivity contribution in [1.82, 2.24) is 9.46 Å². The van der Waals surface area contributed by atoms with Gasteiger partial charge in [-0.3, -0.25) is 4.79 Å². The van der Waals surface area contributed by atoms with Gasteiger partial charge >= 0.3 is 0 Å². The first-order chi connectivity index (χ1) is 12.3. The van der Waals surface area contributed by atoms with Crippen LogP contribution >= 0.6 is 0 Å². The molecule has 0 aliphatic carbocycles. The number of nitrogens with one attached hydrogen (secondary N) is 1. The first-order valence-electron chi connectivity index (χ1n) is 8.69. The molecule has 140 valence electrons. The molecule has 1 aliphatic heterocycles. The molecule has 1 atom stereocenters. The molecule has 0 bridgehead atoms. The van der Waals surface area contributed by atoms with Crippen LogP contribution in [0.3, 0.4) is 0 Å². The highest BCUT2D eigenvalue weighted by Crippen LogP contribution is 2.39. The van der Waals surface area contributed by atoms with E-state index in [-0.39, 0.29) is 16.8 Å². The van der Waals surface area contributed by atoms with Crippen LogP contribution in [0.1, 0.15) is 49.7 Å². The fourth-order valence-corrected chi connectivity index (χ4v) is 5.14. The standard InChI is InChI=1S/C18H23N3O4S/c1-4-17-18(12(2)20-25-17)16-6-5-11-21(16)26(23,24)15-9-7-14(8-10-15)19-13(3)22/h7-10,16H,4-6,11H2,1-3H3,(H,19,22)/t16-/m0/s1. The van der Waals surface area contributed by atoms with E-state index in [2.05, 4.69) is 10.5 Å². The number of benzene rings is 1. The Bertz CT molecular complexity index is 903. The van der Waals surface area contributed by atoms with Crippen LogP contribution in [0.4, 0.5) is 5.69 Å². The fraction of sp³-hybridized carbons (Fsp3) is 0.444. The van der Waals surface area contributed by atoms with Crippen LogP contribution in [0.15, 0.2) is 33.7 Å². The molecule has 1 aromatic heterocycles. The van der Waals surface area contributed by atoms with E-state index in [9.17, 15) is 13.2 Å². The largest absolute Gasteiger partial charge is 0.361 e. The van der Waals surface area contributed by atoms with Gasteiger partial charge in [-0.25, -0.2) is 8.42 Å². The lowest BCUT2D eigenvalue weighted by Gasteiger charge is -2.24. The van der Waals surface area contributed by atoms with E-state index in [0.29, 0.717) is 18.7 Å². The quantitative estimate of drug-likeness (QED) is 0.864. The molecule has 1 saturated heterocycles. The van der Waals surface area contributed by atoms with E-state index in [1.807, 2.05) is 13.8 Å². The zero-order valence-corrected chi connectivity index (χ0v) is 16.0. The summed E-state index contributed by atoms with van der Waals surface area (Å²) in [6.45, 7) is 5.70. The zero-order valence-electron chi connectivity index (χ0n) is 15.2. The fourth-order valence-electron chi connectivity index (χ4n) is 3.47. The normalized spacial score (nSPS) is 18.2. The topological polar surface area (TPSA) is 92.5 Å². The minimum Gasteiger partial charge on any atom is -0.361 e. The second-order valence-electron chi connectivity index (χ2n) is 6.44. The summed E-state index contributed by atoms with van der Waals surface area (Å²) >= 11 is 0. The summed E-state index contributed by atoms with van der Waals surface area (Å²) in [4.78, 5) is 11.3. The highest BCUT2D eigenvalue weighted by molar-refractivity contribution is 7.89. The Hall–Kier alpha value is -2.19. The van der Waals surface area contributed by atoms with Crippen molar-refractivity contribution >= 4 is 21.6 Å². The van der Waals surface area contributed by atoms with Crippen molar-refractivity contribution < 1.29 is 17.7 Å². The molecule has 2 aromatic rings. The van der Waals surface area contributed by atoms with E-state index < -0.39 is 10.0 Å². The third-order valence-electron chi connectivity index (χ3n) is 4.62. The third-order valence-corrected chi connectivity index (χ3v) is 6.54. The second kappa shape index (κ2) is 7.20. The number of sulfonamides is 1. The molecule has 1 aliphatic rings. The Morgan fingerprint density at radius 3 is 2.65 bits per heavy atom. The van der Waals surface area contributed by atoms with Crippen LogP contribution in [0.2, 0.25) is 0 Å². The molecule has 1 fully saturated rings. The number of aromatic nitrogens is 1. The van der Waals surface area contributed by atoms with Gasteiger partial charge in [0.2, 0.25) is 15.9 Å². The molecule has 0 radical (unpaired) electrons. The summed E-state index contributed by atoms with van der Waals surface area (Å²) in [6.07, 6.45) is 2.21. The Morgan fingerprint density at radius 2 is 2.04 bits per heavy atom. The number of nitrogens with zero attached hydrogens (tertiary/aromatic N) is 2. The van der Waals surface area contributed by atoms with Crippen LogP contribution in [-0.4, -0.2) is 30.3 Å². The van der Waals surface area contributed by atoms with Gasteiger partial charge in [-0.1, -0.05) is 12.1 Å². The number of carbonyl (C=O) groups excluding carboxylic acids is 1. The molecule has 2 heterocycles. The van der Waals surface area contributed by atoms with Gasteiger partial charge in [0.05, 0.1) is 16.6 Å². The molecule has 0 unspecified atom stereocenters. The molecule has 7 nitrogen and oxygen atoms in total. The van der Waals surface area contributed by atoms with E-state index in [1.165, 1.54) is 19.1 Å². The van der Waals surface area contributed by atoms with Gasteiger partial charge in [0.15, 0.2) is 0 Å². The van der Waals surface area contributed by atoms with E-state index in [4.69, 9.17) is 4.52 Å². The van der Waals surface area contributed by atoms with Crippen LogP contribution in [0, 0.1) is 6.92 Å². The predicted molar refractivity (Wildman–Crippen MR) is 97.2 cm³/mol. The molecule has 1 amide bonds. The van der Waals surface area contributed by atoms with Crippen molar-refractivity contribution in [1.29, 1.82) is 0 Å². The molecule has 8 heteroatoms. The van der Waals surface area contributed by atoms with Crippen molar-refractivity contribution in [3.05, 3.63) is 41.3 Å². The lowest BCUT2D eigenvalue weighted by molar-refractivity contribution is -0.114.